The van der Waals surface area contributed by atoms with Gasteiger partial charge in [0, 0.05) is 11.6 Å². The molecule has 3 atom stereocenters. The number of nitrogens with one attached hydrogen (secondary N) is 1. The maximum Gasteiger partial charge on any atom is 0.0406 e. The number of allylic oxidation sites excluding steroid dienone is 2. The molecule has 0 heterocycles. The van der Waals surface area contributed by atoms with Crippen LogP contribution in [-0.2, 0) is 6.54 Å². The smallest absolute Gasteiger partial charge is 0.0406 e. The van der Waals surface area contributed by atoms with E-state index < -0.39 is 0 Å². The molecule has 0 aliphatic heterocycles. The lowest BCUT2D eigenvalue weighted by Gasteiger charge is -2.18. The Kier molecular flexibility index (Phi) is 3.21. The lowest BCUT2D eigenvalue weighted by molar-refractivity contribution is 0.414. The van der Waals surface area contributed by atoms with Gasteiger partial charge in [0.1, 0.15) is 0 Å². The van der Waals surface area contributed by atoms with Crippen molar-refractivity contribution in [2.24, 2.45) is 17.8 Å². The van der Waals surface area contributed by atoms with E-state index >= 15 is 0 Å². The molecule has 2 heteroatoms. The van der Waals surface area contributed by atoms with Crippen molar-refractivity contribution in [3.63, 3.8) is 0 Å². The lowest BCUT2D eigenvalue weighted by atomic mass is 9.93. The van der Waals surface area contributed by atoms with E-state index in [9.17, 15) is 0 Å². The van der Waals surface area contributed by atoms with Gasteiger partial charge in [-0.2, -0.15) is 0 Å². The van der Waals surface area contributed by atoms with Crippen LogP contribution in [0.3, 0.4) is 0 Å². The third-order valence-electron chi connectivity index (χ3n) is 4.07. The Balaban J connectivity index is 1.46. The van der Waals surface area contributed by atoms with E-state index in [-0.39, 0.29) is 0 Å². The lowest BCUT2D eigenvalue weighted by Crippen LogP contribution is -2.25. The van der Waals surface area contributed by atoms with Gasteiger partial charge in [0.2, 0.25) is 0 Å². The Morgan fingerprint density at radius 2 is 1.94 bits per heavy atom. The minimum Gasteiger partial charge on any atom is -0.312 e. The molecule has 2 aliphatic rings. The first-order valence-corrected chi connectivity index (χ1v) is 6.82. The largest absolute Gasteiger partial charge is 0.312 e. The molecule has 2 aliphatic carbocycles. The van der Waals surface area contributed by atoms with E-state index in [0.717, 1.165) is 35.9 Å². The molecule has 3 rings (SSSR count). The fraction of sp³-hybridized carbons (Fsp3) is 0.467. The van der Waals surface area contributed by atoms with Crippen LogP contribution in [0.15, 0.2) is 36.4 Å². The Labute approximate surface area is 108 Å². The van der Waals surface area contributed by atoms with Crippen LogP contribution in [0.2, 0.25) is 5.02 Å². The molecule has 0 amide bonds. The summed E-state index contributed by atoms with van der Waals surface area (Å²) in [6.07, 6.45) is 7.60. The van der Waals surface area contributed by atoms with Crippen molar-refractivity contribution in [2.45, 2.75) is 19.4 Å². The monoisotopic (exact) mass is 247 g/mol. The summed E-state index contributed by atoms with van der Waals surface area (Å²) in [5.74, 6) is 2.58. The molecule has 0 saturated heterocycles. The number of halogens is 1. The number of hydrogen-bond acceptors (Lipinski definition) is 1. The second kappa shape index (κ2) is 4.83. The molecule has 2 bridgehead atoms. The highest BCUT2D eigenvalue weighted by atomic mass is 35.5. The second-order valence-electron chi connectivity index (χ2n) is 5.30. The summed E-state index contributed by atoms with van der Waals surface area (Å²) in [5.41, 5.74) is 1.31. The van der Waals surface area contributed by atoms with Crippen molar-refractivity contribution in [1.29, 1.82) is 0 Å². The average Bonchev–Trinajstić information content (AvgIpc) is 2.94. The van der Waals surface area contributed by atoms with Gasteiger partial charge in [-0.1, -0.05) is 35.9 Å². The maximum absolute atomic E-state index is 5.86. The molecular formula is C15H18ClN. The van der Waals surface area contributed by atoms with Crippen molar-refractivity contribution in [3.05, 3.63) is 47.0 Å². The fourth-order valence-corrected chi connectivity index (χ4v) is 3.26. The average molecular weight is 248 g/mol. The Bertz CT molecular complexity index is 409. The number of fused-ring (bicyclic) bond motifs is 2. The highest BCUT2D eigenvalue weighted by Crippen LogP contribution is 2.42. The van der Waals surface area contributed by atoms with Crippen molar-refractivity contribution >= 4 is 11.6 Å². The van der Waals surface area contributed by atoms with Gasteiger partial charge in [0.25, 0.3) is 0 Å². The Morgan fingerprint density at radius 3 is 2.59 bits per heavy atom. The van der Waals surface area contributed by atoms with Crippen LogP contribution < -0.4 is 5.32 Å². The molecule has 17 heavy (non-hydrogen) atoms. The molecule has 1 aromatic carbocycles. The summed E-state index contributed by atoms with van der Waals surface area (Å²) in [6, 6.07) is 8.10. The minimum atomic E-state index is 0.812. The SMILES string of the molecule is Clc1ccc(CNCC2CC3C=CC2C3)cc1. The summed E-state index contributed by atoms with van der Waals surface area (Å²) in [5, 5.41) is 4.38. The van der Waals surface area contributed by atoms with Crippen LogP contribution in [0, 0.1) is 17.8 Å². The third-order valence-corrected chi connectivity index (χ3v) is 4.32. The zero-order valence-corrected chi connectivity index (χ0v) is 10.7. The summed E-state index contributed by atoms with van der Waals surface area (Å²) in [7, 11) is 0. The van der Waals surface area contributed by atoms with Gasteiger partial charge >= 0.3 is 0 Å². The van der Waals surface area contributed by atoms with Gasteiger partial charge in [-0.05, 0) is 54.8 Å². The first kappa shape index (κ1) is 11.3. The van der Waals surface area contributed by atoms with Crippen molar-refractivity contribution < 1.29 is 0 Å². The molecule has 1 fully saturated rings. The summed E-state index contributed by atoms with van der Waals surface area (Å²) in [4.78, 5) is 0. The quantitative estimate of drug-likeness (QED) is 0.801. The molecule has 1 saturated carbocycles. The van der Waals surface area contributed by atoms with E-state index in [1.54, 1.807) is 0 Å². The van der Waals surface area contributed by atoms with Crippen molar-refractivity contribution in [2.75, 3.05) is 6.54 Å². The Hall–Kier alpha value is -0.790. The highest BCUT2D eigenvalue weighted by Gasteiger charge is 2.34. The molecule has 1 aromatic rings. The fourth-order valence-electron chi connectivity index (χ4n) is 3.13. The van der Waals surface area contributed by atoms with E-state index in [0.29, 0.717) is 0 Å². The zero-order valence-electron chi connectivity index (χ0n) is 9.90. The van der Waals surface area contributed by atoms with Crippen molar-refractivity contribution in [3.8, 4) is 0 Å². The summed E-state index contributed by atoms with van der Waals surface area (Å²) < 4.78 is 0. The topological polar surface area (TPSA) is 12.0 Å². The van der Waals surface area contributed by atoms with Gasteiger partial charge in [-0.25, -0.2) is 0 Å². The predicted octanol–water partition coefficient (Wildman–Crippen LogP) is 3.64. The van der Waals surface area contributed by atoms with Gasteiger partial charge in [-0.3, -0.25) is 0 Å². The van der Waals surface area contributed by atoms with E-state index in [1.807, 2.05) is 12.1 Å². The van der Waals surface area contributed by atoms with Crippen LogP contribution in [0.25, 0.3) is 0 Å². The first-order chi connectivity index (χ1) is 8.31. The van der Waals surface area contributed by atoms with Crippen LogP contribution >= 0.6 is 11.6 Å². The van der Waals surface area contributed by atoms with Crippen LogP contribution in [0.1, 0.15) is 18.4 Å². The first-order valence-electron chi connectivity index (χ1n) is 6.45. The number of rotatable bonds is 4. The van der Waals surface area contributed by atoms with E-state index in [4.69, 9.17) is 11.6 Å². The van der Waals surface area contributed by atoms with Crippen molar-refractivity contribution in [1.82, 2.24) is 5.32 Å². The third kappa shape index (κ3) is 2.56. The zero-order chi connectivity index (χ0) is 11.7. The number of benzene rings is 1. The molecule has 0 spiro atoms. The summed E-state index contributed by atoms with van der Waals surface area (Å²) in [6.45, 7) is 2.10. The standard InChI is InChI=1S/C15H18ClN/c16-15-5-2-11(3-6-15)9-17-10-14-8-12-1-4-13(14)7-12/h1-6,12-14,17H,7-10H2. The highest BCUT2D eigenvalue weighted by molar-refractivity contribution is 6.30. The molecule has 3 unspecified atom stereocenters. The van der Waals surface area contributed by atoms with Crippen LogP contribution in [0.5, 0.6) is 0 Å². The molecule has 1 N–H and O–H groups in total. The second-order valence-corrected chi connectivity index (χ2v) is 5.73. The molecule has 0 radical (unpaired) electrons. The predicted molar refractivity (Wildman–Crippen MR) is 72.0 cm³/mol. The molecule has 0 aromatic heterocycles. The van der Waals surface area contributed by atoms with E-state index in [2.05, 4.69) is 29.6 Å². The summed E-state index contributed by atoms with van der Waals surface area (Å²) >= 11 is 5.86. The van der Waals surface area contributed by atoms with Crippen LogP contribution in [0.4, 0.5) is 0 Å². The van der Waals surface area contributed by atoms with Crippen LogP contribution in [-0.4, -0.2) is 6.54 Å². The number of hydrogen-bond donors (Lipinski definition) is 1. The Morgan fingerprint density at radius 1 is 1.12 bits per heavy atom. The molecular weight excluding hydrogens is 230 g/mol. The van der Waals surface area contributed by atoms with Gasteiger partial charge in [0.15, 0.2) is 0 Å². The van der Waals surface area contributed by atoms with Gasteiger partial charge < -0.3 is 5.32 Å². The van der Waals surface area contributed by atoms with Gasteiger partial charge in [0.05, 0.1) is 0 Å². The normalized spacial score (nSPS) is 30.1. The maximum atomic E-state index is 5.86. The van der Waals surface area contributed by atoms with E-state index in [1.165, 1.54) is 18.4 Å². The minimum absolute atomic E-state index is 0.812. The van der Waals surface area contributed by atoms with Gasteiger partial charge in [-0.15, -0.1) is 0 Å². The molecule has 90 valence electrons. The molecule has 1 nitrogen and oxygen atoms in total.